The topological polar surface area (TPSA) is 69.6 Å². The molecule has 6 heteroatoms. The molecular formula is C15H20ClN5. The monoisotopic (exact) mass is 305 g/mol. The number of nitrogen functional groups attached to an aromatic ring is 1. The van der Waals surface area contributed by atoms with E-state index >= 15 is 0 Å². The van der Waals surface area contributed by atoms with E-state index in [1.165, 1.54) is 19.3 Å². The Balaban J connectivity index is 1.91. The molecule has 1 fully saturated rings. The summed E-state index contributed by atoms with van der Waals surface area (Å²) in [6.45, 7) is 2.32. The maximum absolute atomic E-state index is 6.11. The minimum atomic E-state index is 0.372. The lowest BCUT2D eigenvalue weighted by molar-refractivity contribution is 0.394. The highest BCUT2D eigenvalue weighted by Gasteiger charge is 2.22. The van der Waals surface area contributed by atoms with Gasteiger partial charge >= 0.3 is 0 Å². The molecular weight excluding hydrogens is 286 g/mol. The van der Waals surface area contributed by atoms with Crippen molar-refractivity contribution in [3.8, 4) is 11.4 Å². The van der Waals surface area contributed by atoms with Gasteiger partial charge in [-0.15, -0.1) is 5.10 Å². The van der Waals surface area contributed by atoms with Gasteiger partial charge in [0.15, 0.2) is 5.82 Å². The van der Waals surface area contributed by atoms with Gasteiger partial charge in [-0.05, 0) is 53.8 Å². The molecule has 112 valence electrons. The predicted octanol–water partition coefficient (Wildman–Crippen LogP) is 3.72. The molecule has 2 N–H and O–H groups in total. The van der Waals surface area contributed by atoms with Crippen LogP contribution < -0.4 is 5.73 Å². The maximum Gasteiger partial charge on any atom is 0.182 e. The van der Waals surface area contributed by atoms with Crippen LogP contribution in [0.15, 0.2) is 18.2 Å². The zero-order valence-electron chi connectivity index (χ0n) is 12.2. The highest BCUT2D eigenvalue weighted by molar-refractivity contribution is 6.33. The third kappa shape index (κ3) is 3.02. The molecule has 0 saturated heterocycles. The first-order chi connectivity index (χ1) is 10.1. The fourth-order valence-corrected chi connectivity index (χ4v) is 3.19. The molecule has 0 bridgehead atoms. The van der Waals surface area contributed by atoms with Crippen LogP contribution in [0.3, 0.4) is 0 Å². The molecule has 21 heavy (non-hydrogen) atoms. The van der Waals surface area contributed by atoms with Crippen molar-refractivity contribution in [1.82, 2.24) is 20.2 Å². The van der Waals surface area contributed by atoms with Gasteiger partial charge in [-0.1, -0.05) is 31.4 Å². The average Bonchev–Trinajstić information content (AvgIpc) is 2.85. The van der Waals surface area contributed by atoms with Gasteiger partial charge in [0.2, 0.25) is 0 Å². The number of nitrogens with two attached hydrogens (primary N) is 1. The van der Waals surface area contributed by atoms with Crippen molar-refractivity contribution in [2.75, 3.05) is 5.73 Å². The summed E-state index contributed by atoms with van der Waals surface area (Å²) in [5, 5.41) is 12.8. The lowest BCUT2D eigenvalue weighted by Crippen LogP contribution is -2.12. The number of hydrogen-bond acceptors (Lipinski definition) is 4. The molecule has 0 amide bonds. The van der Waals surface area contributed by atoms with Gasteiger partial charge in [0, 0.05) is 5.56 Å². The maximum atomic E-state index is 6.11. The van der Waals surface area contributed by atoms with Crippen molar-refractivity contribution in [3.05, 3.63) is 23.2 Å². The second kappa shape index (κ2) is 6.02. The molecule has 2 aromatic rings. The number of rotatable bonds is 2. The first kappa shape index (κ1) is 14.3. The Morgan fingerprint density at radius 1 is 1.24 bits per heavy atom. The van der Waals surface area contributed by atoms with Gasteiger partial charge in [-0.25, -0.2) is 4.68 Å². The van der Waals surface area contributed by atoms with E-state index in [0.29, 0.717) is 16.8 Å². The summed E-state index contributed by atoms with van der Waals surface area (Å²) in [6.07, 6.45) is 6.01. The van der Waals surface area contributed by atoms with E-state index in [9.17, 15) is 0 Å². The summed E-state index contributed by atoms with van der Waals surface area (Å²) < 4.78 is 1.96. The zero-order valence-corrected chi connectivity index (χ0v) is 12.9. The highest BCUT2D eigenvalue weighted by Crippen LogP contribution is 2.33. The van der Waals surface area contributed by atoms with Crippen LogP contribution in [0.1, 0.15) is 45.1 Å². The SMILES string of the molecule is CC1CCCC(n2nnnc2-c2ccc(N)c(Cl)c2)CC1. The van der Waals surface area contributed by atoms with Crippen LogP contribution in [0.5, 0.6) is 0 Å². The minimum Gasteiger partial charge on any atom is -0.398 e. The second-order valence-electron chi connectivity index (χ2n) is 5.95. The standard InChI is InChI=1S/C15H20ClN5/c1-10-3-2-4-12(7-5-10)21-15(18-19-20-21)11-6-8-14(17)13(16)9-11/h6,8-10,12H,2-5,7,17H2,1H3. The van der Waals surface area contributed by atoms with Crippen LogP contribution in [-0.4, -0.2) is 20.2 Å². The zero-order chi connectivity index (χ0) is 14.8. The molecule has 0 radical (unpaired) electrons. The van der Waals surface area contributed by atoms with E-state index in [4.69, 9.17) is 17.3 Å². The number of tetrazole rings is 1. The normalized spacial score (nSPS) is 23.0. The Hall–Kier alpha value is -1.62. The Kier molecular flexibility index (Phi) is 4.10. The van der Waals surface area contributed by atoms with Crippen LogP contribution in [-0.2, 0) is 0 Å². The van der Waals surface area contributed by atoms with Gasteiger partial charge in [0.05, 0.1) is 16.8 Å². The van der Waals surface area contributed by atoms with Crippen molar-refractivity contribution < 1.29 is 0 Å². The summed E-state index contributed by atoms with van der Waals surface area (Å²) >= 11 is 6.11. The van der Waals surface area contributed by atoms with Crippen LogP contribution in [0.4, 0.5) is 5.69 Å². The average molecular weight is 306 g/mol. The minimum absolute atomic E-state index is 0.372. The number of hydrogen-bond donors (Lipinski definition) is 1. The van der Waals surface area contributed by atoms with Gasteiger partial charge in [-0.3, -0.25) is 0 Å². The van der Waals surface area contributed by atoms with Crippen molar-refractivity contribution in [3.63, 3.8) is 0 Å². The second-order valence-corrected chi connectivity index (χ2v) is 6.36. The van der Waals surface area contributed by atoms with Crippen LogP contribution in [0.25, 0.3) is 11.4 Å². The molecule has 1 aliphatic rings. The Morgan fingerprint density at radius 2 is 2.10 bits per heavy atom. The van der Waals surface area contributed by atoms with Crippen molar-refractivity contribution in [2.45, 2.75) is 45.1 Å². The summed E-state index contributed by atoms with van der Waals surface area (Å²) in [7, 11) is 0. The summed E-state index contributed by atoms with van der Waals surface area (Å²) in [6, 6.07) is 5.92. The van der Waals surface area contributed by atoms with Gasteiger partial charge < -0.3 is 5.73 Å². The quantitative estimate of drug-likeness (QED) is 0.678. The first-order valence-corrected chi connectivity index (χ1v) is 7.86. The summed E-state index contributed by atoms with van der Waals surface area (Å²) in [5.74, 6) is 1.57. The van der Waals surface area contributed by atoms with Crippen LogP contribution in [0, 0.1) is 5.92 Å². The lowest BCUT2D eigenvalue weighted by Gasteiger charge is -2.16. The predicted molar refractivity (Wildman–Crippen MR) is 84.0 cm³/mol. The van der Waals surface area contributed by atoms with Gasteiger partial charge in [0.25, 0.3) is 0 Å². The fraction of sp³-hybridized carbons (Fsp3) is 0.533. The Labute approximate surface area is 129 Å². The molecule has 1 saturated carbocycles. The molecule has 1 heterocycles. The number of halogens is 1. The molecule has 1 aliphatic carbocycles. The molecule has 0 aliphatic heterocycles. The number of aromatic nitrogens is 4. The van der Waals surface area contributed by atoms with E-state index in [2.05, 4.69) is 22.4 Å². The van der Waals surface area contributed by atoms with Crippen LogP contribution >= 0.6 is 11.6 Å². The molecule has 5 nitrogen and oxygen atoms in total. The molecule has 3 rings (SSSR count). The molecule has 0 spiro atoms. The number of benzene rings is 1. The Bertz CT molecular complexity index is 624. The van der Waals surface area contributed by atoms with Crippen molar-refractivity contribution in [1.29, 1.82) is 0 Å². The van der Waals surface area contributed by atoms with E-state index in [1.807, 2.05) is 16.8 Å². The molecule has 2 unspecified atom stereocenters. The lowest BCUT2D eigenvalue weighted by atomic mass is 10.0. The summed E-state index contributed by atoms with van der Waals surface area (Å²) in [4.78, 5) is 0. The third-order valence-corrected chi connectivity index (χ3v) is 4.65. The molecule has 1 aromatic carbocycles. The fourth-order valence-electron chi connectivity index (χ4n) is 3.01. The van der Waals surface area contributed by atoms with Crippen molar-refractivity contribution >= 4 is 17.3 Å². The van der Waals surface area contributed by atoms with E-state index < -0.39 is 0 Å². The van der Waals surface area contributed by atoms with Gasteiger partial charge in [-0.2, -0.15) is 0 Å². The van der Waals surface area contributed by atoms with E-state index in [-0.39, 0.29) is 0 Å². The molecule has 1 aromatic heterocycles. The highest BCUT2D eigenvalue weighted by atomic mass is 35.5. The van der Waals surface area contributed by atoms with Crippen LogP contribution in [0.2, 0.25) is 5.02 Å². The number of anilines is 1. The van der Waals surface area contributed by atoms with Crippen molar-refractivity contribution in [2.24, 2.45) is 5.92 Å². The summed E-state index contributed by atoms with van der Waals surface area (Å²) in [5.41, 5.74) is 7.25. The largest absolute Gasteiger partial charge is 0.398 e. The number of nitrogens with zero attached hydrogens (tertiary/aromatic N) is 4. The Morgan fingerprint density at radius 3 is 2.90 bits per heavy atom. The van der Waals surface area contributed by atoms with E-state index in [0.717, 1.165) is 30.1 Å². The molecule has 2 atom stereocenters. The third-order valence-electron chi connectivity index (χ3n) is 4.32. The van der Waals surface area contributed by atoms with E-state index in [1.54, 1.807) is 6.07 Å². The smallest absolute Gasteiger partial charge is 0.182 e. The first-order valence-electron chi connectivity index (χ1n) is 7.48. The van der Waals surface area contributed by atoms with Gasteiger partial charge in [0.1, 0.15) is 0 Å².